The Morgan fingerprint density at radius 1 is 1.21 bits per heavy atom. The second kappa shape index (κ2) is 9.44. The number of carbonyl (C=O) groups excluding carboxylic acids is 1. The van der Waals surface area contributed by atoms with Crippen molar-refractivity contribution in [2.24, 2.45) is 4.99 Å². The molecule has 1 aliphatic carbocycles. The van der Waals surface area contributed by atoms with E-state index in [1.807, 2.05) is 6.92 Å². The average molecular weight is 402 g/mol. The summed E-state index contributed by atoms with van der Waals surface area (Å²) in [6, 6.07) is 3.60. The average Bonchev–Trinajstić information content (AvgIpc) is 2.70. The number of benzene rings is 1. The highest BCUT2D eigenvalue weighted by atomic mass is 19.2. The molecule has 29 heavy (non-hydrogen) atoms. The van der Waals surface area contributed by atoms with Gasteiger partial charge in [0.15, 0.2) is 11.6 Å². The molecule has 3 rings (SSSR count). The molecule has 0 bridgehead atoms. The van der Waals surface area contributed by atoms with E-state index < -0.39 is 17.7 Å². The molecule has 0 unspecified atom stereocenters. The maximum absolute atomic E-state index is 13.6. The van der Waals surface area contributed by atoms with Crippen molar-refractivity contribution < 1.29 is 18.7 Å². The zero-order chi connectivity index (χ0) is 21.0. The van der Waals surface area contributed by atoms with Gasteiger partial charge < -0.3 is 10.0 Å². The Kier molecular flexibility index (Phi) is 6.96. The van der Waals surface area contributed by atoms with E-state index in [-0.39, 0.29) is 11.9 Å². The van der Waals surface area contributed by atoms with Gasteiger partial charge in [0, 0.05) is 24.4 Å². The third-order valence-electron chi connectivity index (χ3n) is 5.73. The zero-order valence-corrected chi connectivity index (χ0v) is 16.8. The van der Waals surface area contributed by atoms with Gasteiger partial charge in [-0.05, 0) is 62.0 Å². The second-order valence-corrected chi connectivity index (χ2v) is 7.86. The van der Waals surface area contributed by atoms with Crippen LogP contribution in [0, 0.1) is 11.6 Å². The molecule has 1 fully saturated rings. The van der Waals surface area contributed by atoms with E-state index in [1.165, 1.54) is 6.07 Å². The largest absolute Gasteiger partial charge is 0.391 e. The Morgan fingerprint density at radius 2 is 1.97 bits per heavy atom. The molecule has 0 aromatic heterocycles. The number of aliphatic hydroxyl groups is 1. The number of amides is 1. The number of hydrogen-bond acceptors (Lipinski definition) is 3. The fourth-order valence-corrected chi connectivity index (χ4v) is 4.07. The van der Waals surface area contributed by atoms with E-state index in [4.69, 9.17) is 0 Å². The minimum atomic E-state index is -0.898. The maximum atomic E-state index is 13.6. The van der Waals surface area contributed by atoms with Crippen LogP contribution in [0.15, 0.2) is 47.0 Å². The van der Waals surface area contributed by atoms with Crippen molar-refractivity contribution in [1.82, 2.24) is 4.90 Å². The van der Waals surface area contributed by atoms with Crippen molar-refractivity contribution in [3.05, 3.63) is 59.2 Å². The Labute approximate surface area is 170 Å². The van der Waals surface area contributed by atoms with Crippen molar-refractivity contribution in [1.29, 1.82) is 0 Å². The van der Waals surface area contributed by atoms with Gasteiger partial charge in [0.05, 0.1) is 12.1 Å². The Bertz CT molecular complexity index is 847. The lowest BCUT2D eigenvalue weighted by molar-refractivity contribution is -0.132. The molecule has 1 saturated carbocycles. The van der Waals surface area contributed by atoms with Crippen LogP contribution < -0.4 is 0 Å². The molecule has 2 aliphatic rings. The first-order valence-corrected chi connectivity index (χ1v) is 10.2. The van der Waals surface area contributed by atoms with E-state index in [2.05, 4.69) is 11.6 Å². The third-order valence-corrected chi connectivity index (χ3v) is 5.73. The van der Waals surface area contributed by atoms with Crippen molar-refractivity contribution in [3.63, 3.8) is 0 Å². The number of aliphatic imine (C=N–C) groups is 1. The summed E-state index contributed by atoms with van der Waals surface area (Å²) in [5.41, 5.74) is 2.42. The van der Waals surface area contributed by atoms with Crippen molar-refractivity contribution >= 4 is 11.6 Å². The summed E-state index contributed by atoms with van der Waals surface area (Å²) < 4.78 is 26.8. The van der Waals surface area contributed by atoms with E-state index in [1.54, 1.807) is 11.0 Å². The lowest BCUT2D eigenvalue weighted by atomic mass is 9.90. The van der Waals surface area contributed by atoms with E-state index >= 15 is 0 Å². The van der Waals surface area contributed by atoms with Gasteiger partial charge in [-0.25, -0.2) is 8.78 Å². The van der Waals surface area contributed by atoms with Crippen LogP contribution in [0.4, 0.5) is 8.78 Å². The standard InChI is InChI=1S/C23H28F2N2O2/c1-15-12-18(13-17-8-9-19(24)20(25)14-17)16(2)26-10-5-11-27(23(15)29)21-6-3-4-7-22(21)28/h8-9,12,14,21-22,28H,1,3-7,10-11,13H2,2H3/b18-12-,26-16?/t21-,22-/m0/s1. The van der Waals surface area contributed by atoms with Gasteiger partial charge in [-0.1, -0.05) is 25.5 Å². The van der Waals surface area contributed by atoms with Crippen LogP contribution in [0.1, 0.15) is 44.6 Å². The van der Waals surface area contributed by atoms with Crippen molar-refractivity contribution in [3.8, 4) is 0 Å². The highest BCUT2D eigenvalue weighted by Crippen LogP contribution is 2.26. The van der Waals surface area contributed by atoms with Crippen LogP contribution in [0.25, 0.3) is 0 Å². The summed E-state index contributed by atoms with van der Waals surface area (Å²) in [6.07, 6.45) is 5.65. The molecule has 156 valence electrons. The number of allylic oxidation sites excluding steroid dienone is 1. The molecular formula is C23H28F2N2O2. The monoisotopic (exact) mass is 402 g/mol. The zero-order valence-electron chi connectivity index (χ0n) is 16.8. The van der Waals surface area contributed by atoms with Gasteiger partial charge in [0.2, 0.25) is 0 Å². The van der Waals surface area contributed by atoms with Crippen LogP contribution in [0.3, 0.4) is 0 Å². The number of halogens is 2. The number of nitrogens with zero attached hydrogens (tertiary/aromatic N) is 2. The molecular weight excluding hydrogens is 374 g/mol. The first kappa shape index (κ1) is 21.4. The highest BCUT2D eigenvalue weighted by Gasteiger charge is 2.32. The smallest absolute Gasteiger partial charge is 0.253 e. The van der Waals surface area contributed by atoms with E-state index in [9.17, 15) is 18.7 Å². The quantitative estimate of drug-likeness (QED) is 0.778. The van der Waals surface area contributed by atoms with Crippen molar-refractivity contribution in [2.75, 3.05) is 13.1 Å². The summed E-state index contributed by atoms with van der Waals surface area (Å²) in [6.45, 7) is 6.90. The molecule has 4 nitrogen and oxygen atoms in total. The molecule has 1 N–H and O–H groups in total. The minimum absolute atomic E-state index is 0.187. The van der Waals surface area contributed by atoms with Crippen LogP contribution in [0.2, 0.25) is 0 Å². The summed E-state index contributed by atoms with van der Waals surface area (Å²) in [5, 5.41) is 10.4. The first-order valence-electron chi connectivity index (χ1n) is 10.2. The Balaban J connectivity index is 1.87. The topological polar surface area (TPSA) is 52.9 Å². The van der Waals surface area contributed by atoms with E-state index in [0.717, 1.165) is 42.7 Å². The molecule has 0 saturated heterocycles. The number of hydrogen-bond donors (Lipinski definition) is 1. The molecule has 1 amide bonds. The molecule has 1 aromatic rings. The van der Waals surface area contributed by atoms with Crippen LogP contribution in [0.5, 0.6) is 0 Å². The Morgan fingerprint density at radius 3 is 2.69 bits per heavy atom. The lowest BCUT2D eigenvalue weighted by Gasteiger charge is -2.38. The molecule has 0 spiro atoms. The third kappa shape index (κ3) is 5.18. The highest BCUT2D eigenvalue weighted by molar-refractivity contribution is 6.03. The van der Waals surface area contributed by atoms with E-state index in [0.29, 0.717) is 43.5 Å². The number of rotatable bonds is 3. The molecule has 6 heteroatoms. The van der Waals surface area contributed by atoms with Crippen LogP contribution >= 0.6 is 0 Å². The van der Waals surface area contributed by atoms with Crippen molar-refractivity contribution in [2.45, 2.75) is 57.6 Å². The van der Waals surface area contributed by atoms with Gasteiger partial charge >= 0.3 is 0 Å². The van der Waals surface area contributed by atoms with Gasteiger partial charge in [0.25, 0.3) is 5.91 Å². The minimum Gasteiger partial charge on any atom is -0.391 e. The van der Waals surface area contributed by atoms with Crippen LogP contribution in [-0.4, -0.2) is 46.9 Å². The number of aliphatic hydroxyl groups excluding tert-OH is 1. The summed E-state index contributed by atoms with van der Waals surface area (Å²) in [5.74, 6) is -1.97. The van der Waals surface area contributed by atoms with Gasteiger partial charge in [-0.3, -0.25) is 9.79 Å². The normalized spacial score (nSPS) is 26.0. The predicted octanol–water partition coefficient (Wildman–Crippen LogP) is 3.99. The predicted molar refractivity (Wildman–Crippen MR) is 110 cm³/mol. The summed E-state index contributed by atoms with van der Waals surface area (Å²) in [4.78, 5) is 19.5. The van der Waals surface area contributed by atoms with Gasteiger partial charge in [-0.2, -0.15) is 0 Å². The Hall–Kier alpha value is -2.34. The maximum Gasteiger partial charge on any atom is 0.253 e. The van der Waals surface area contributed by atoms with Gasteiger partial charge in [0.1, 0.15) is 0 Å². The molecule has 0 radical (unpaired) electrons. The first-order chi connectivity index (χ1) is 13.9. The second-order valence-electron chi connectivity index (χ2n) is 7.86. The summed E-state index contributed by atoms with van der Waals surface area (Å²) in [7, 11) is 0. The SMILES string of the molecule is C=C1/C=C(/Cc2ccc(F)c(F)c2)C(C)=NCCCN([C@H]2CCCC[C@@H]2O)C1=O. The summed E-state index contributed by atoms with van der Waals surface area (Å²) >= 11 is 0. The lowest BCUT2D eigenvalue weighted by Crippen LogP contribution is -2.49. The fraction of sp³-hybridized carbons (Fsp3) is 0.478. The van der Waals surface area contributed by atoms with Crippen LogP contribution in [-0.2, 0) is 11.2 Å². The molecule has 1 heterocycles. The molecule has 1 aromatic carbocycles. The number of carbonyl (C=O) groups is 1. The molecule has 2 atom stereocenters. The molecule has 1 aliphatic heterocycles. The fourth-order valence-electron chi connectivity index (χ4n) is 4.07. The van der Waals surface area contributed by atoms with Gasteiger partial charge in [-0.15, -0.1) is 0 Å².